The minimum atomic E-state index is 0.102. The number of hydrogen-bond acceptors (Lipinski definition) is 4. The van der Waals surface area contributed by atoms with Crippen LogP contribution in [0.2, 0.25) is 0 Å². The SMILES string of the molecule is CCNC(=O)CSCCNC(=S)CC1CCCCO1. The summed E-state index contributed by atoms with van der Waals surface area (Å²) in [4.78, 5) is 12.1. The molecule has 110 valence electrons. The Labute approximate surface area is 125 Å². The molecule has 0 aromatic rings. The van der Waals surface area contributed by atoms with Gasteiger partial charge < -0.3 is 15.4 Å². The van der Waals surface area contributed by atoms with Crippen LogP contribution in [0.1, 0.15) is 32.6 Å². The molecule has 0 saturated carbocycles. The topological polar surface area (TPSA) is 50.4 Å². The van der Waals surface area contributed by atoms with E-state index in [9.17, 15) is 4.79 Å². The molecule has 1 atom stereocenters. The van der Waals surface area contributed by atoms with E-state index in [0.29, 0.717) is 18.4 Å². The van der Waals surface area contributed by atoms with Gasteiger partial charge in [-0.05, 0) is 26.2 Å². The lowest BCUT2D eigenvalue weighted by molar-refractivity contribution is -0.118. The van der Waals surface area contributed by atoms with Gasteiger partial charge in [0.05, 0.1) is 16.8 Å². The smallest absolute Gasteiger partial charge is 0.229 e. The van der Waals surface area contributed by atoms with Gasteiger partial charge in [-0.15, -0.1) is 0 Å². The molecule has 1 saturated heterocycles. The molecular weight excluding hydrogens is 280 g/mol. The highest BCUT2D eigenvalue weighted by atomic mass is 32.2. The maximum atomic E-state index is 11.2. The van der Waals surface area contributed by atoms with E-state index in [4.69, 9.17) is 17.0 Å². The van der Waals surface area contributed by atoms with Crippen LogP contribution in [-0.4, -0.2) is 48.2 Å². The van der Waals surface area contributed by atoms with Crippen molar-refractivity contribution in [2.24, 2.45) is 0 Å². The molecule has 0 spiro atoms. The summed E-state index contributed by atoms with van der Waals surface area (Å²) in [5.41, 5.74) is 0. The van der Waals surface area contributed by atoms with Gasteiger partial charge in [-0.3, -0.25) is 4.79 Å². The molecule has 1 fully saturated rings. The number of ether oxygens (including phenoxy) is 1. The van der Waals surface area contributed by atoms with Crippen LogP contribution in [0.3, 0.4) is 0 Å². The van der Waals surface area contributed by atoms with E-state index in [1.807, 2.05) is 6.92 Å². The summed E-state index contributed by atoms with van der Waals surface area (Å²) in [6, 6.07) is 0. The molecule has 0 aromatic carbocycles. The van der Waals surface area contributed by atoms with Crippen molar-refractivity contribution < 1.29 is 9.53 Å². The van der Waals surface area contributed by atoms with Crippen LogP contribution in [0, 0.1) is 0 Å². The first-order valence-corrected chi connectivity index (χ1v) is 8.51. The summed E-state index contributed by atoms with van der Waals surface area (Å²) in [5, 5.41) is 6.01. The van der Waals surface area contributed by atoms with Crippen molar-refractivity contribution in [1.82, 2.24) is 10.6 Å². The fourth-order valence-electron chi connectivity index (χ4n) is 1.92. The average Bonchev–Trinajstić information content (AvgIpc) is 2.40. The van der Waals surface area contributed by atoms with E-state index < -0.39 is 0 Å². The van der Waals surface area contributed by atoms with Crippen LogP contribution in [0.15, 0.2) is 0 Å². The molecule has 1 unspecified atom stereocenters. The lowest BCUT2D eigenvalue weighted by Gasteiger charge is -2.23. The van der Waals surface area contributed by atoms with Gasteiger partial charge in [0.25, 0.3) is 0 Å². The normalized spacial score (nSPS) is 18.9. The number of carbonyl (C=O) groups excluding carboxylic acids is 1. The highest BCUT2D eigenvalue weighted by molar-refractivity contribution is 7.99. The Balaban J connectivity index is 1.96. The summed E-state index contributed by atoms with van der Waals surface area (Å²) in [6.45, 7) is 4.31. The molecule has 6 heteroatoms. The van der Waals surface area contributed by atoms with Crippen LogP contribution >= 0.6 is 24.0 Å². The fraction of sp³-hybridized carbons (Fsp3) is 0.846. The molecule has 4 nitrogen and oxygen atoms in total. The maximum Gasteiger partial charge on any atom is 0.229 e. The number of hydrogen-bond donors (Lipinski definition) is 2. The highest BCUT2D eigenvalue weighted by Gasteiger charge is 2.15. The molecule has 2 N–H and O–H groups in total. The summed E-state index contributed by atoms with van der Waals surface area (Å²) in [5.74, 6) is 1.52. The third-order valence-electron chi connectivity index (χ3n) is 2.86. The minimum absolute atomic E-state index is 0.102. The summed E-state index contributed by atoms with van der Waals surface area (Å²) in [7, 11) is 0. The summed E-state index contributed by atoms with van der Waals surface area (Å²) >= 11 is 6.92. The third kappa shape index (κ3) is 8.44. The van der Waals surface area contributed by atoms with Crippen LogP contribution in [0.4, 0.5) is 0 Å². The Bertz CT molecular complexity index is 282. The lowest BCUT2D eigenvalue weighted by atomic mass is 10.1. The Kier molecular flexibility index (Phi) is 9.20. The first-order chi connectivity index (χ1) is 9.22. The molecule has 0 aromatic heterocycles. The second-order valence-corrected chi connectivity index (χ2v) is 6.15. The van der Waals surface area contributed by atoms with Crippen molar-refractivity contribution in [2.45, 2.75) is 38.7 Å². The molecule has 0 aliphatic carbocycles. The van der Waals surface area contributed by atoms with E-state index in [-0.39, 0.29) is 5.91 Å². The first-order valence-electron chi connectivity index (χ1n) is 6.95. The molecule has 1 rings (SSSR count). The van der Waals surface area contributed by atoms with Gasteiger partial charge in [-0.2, -0.15) is 11.8 Å². The number of amides is 1. The summed E-state index contributed by atoms with van der Waals surface area (Å²) in [6.07, 6.45) is 4.67. The maximum absolute atomic E-state index is 11.2. The van der Waals surface area contributed by atoms with Crippen molar-refractivity contribution in [3.05, 3.63) is 0 Å². The molecule has 1 heterocycles. The van der Waals surface area contributed by atoms with E-state index in [2.05, 4.69) is 10.6 Å². The van der Waals surface area contributed by atoms with Gasteiger partial charge in [0, 0.05) is 31.9 Å². The van der Waals surface area contributed by atoms with Gasteiger partial charge in [0.1, 0.15) is 0 Å². The van der Waals surface area contributed by atoms with E-state index in [1.54, 1.807) is 11.8 Å². The van der Waals surface area contributed by atoms with Crippen LogP contribution in [0.5, 0.6) is 0 Å². The molecule has 0 radical (unpaired) electrons. The van der Waals surface area contributed by atoms with Crippen molar-refractivity contribution in [1.29, 1.82) is 0 Å². The predicted octanol–water partition coefficient (Wildman–Crippen LogP) is 1.73. The van der Waals surface area contributed by atoms with Gasteiger partial charge in [-0.25, -0.2) is 0 Å². The van der Waals surface area contributed by atoms with E-state index in [1.165, 1.54) is 12.8 Å². The van der Waals surface area contributed by atoms with Crippen molar-refractivity contribution in [2.75, 3.05) is 31.2 Å². The van der Waals surface area contributed by atoms with Crippen molar-refractivity contribution in [3.8, 4) is 0 Å². The molecular formula is C13H24N2O2S2. The molecule has 1 aliphatic heterocycles. The zero-order valence-corrected chi connectivity index (χ0v) is 13.2. The van der Waals surface area contributed by atoms with Crippen molar-refractivity contribution >= 4 is 34.9 Å². The molecule has 1 aliphatic rings. The average molecular weight is 304 g/mol. The third-order valence-corrected chi connectivity index (χ3v) is 4.13. The van der Waals surface area contributed by atoms with Gasteiger partial charge in [0.2, 0.25) is 5.91 Å². The van der Waals surface area contributed by atoms with E-state index >= 15 is 0 Å². The van der Waals surface area contributed by atoms with Gasteiger partial charge >= 0.3 is 0 Å². The van der Waals surface area contributed by atoms with Gasteiger partial charge in [0.15, 0.2) is 0 Å². The highest BCUT2D eigenvalue weighted by Crippen LogP contribution is 2.15. The quantitative estimate of drug-likeness (QED) is 0.528. The van der Waals surface area contributed by atoms with E-state index in [0.717, 1.165) is 36.7 Å². The van der Waals surface area contributed by atoms with Gasteiger partial charge in [-0.1, -0.05) is 12.2 Å². The Morgan fingerprint density at radius 3 is 2.95 bits per heavy atom. The van der Waals surface area contributed by atoms with Crippen LogP contribution < -0.4 is 10.6 Å². The fourth-order valence-corrected chi connectivity index (χ4v) is 2.89. The zero-order valence-electron chi connectivity index (χ0n) is 11.6. The second-order valence-electron chi connectivity index (χ2n) is 4.55. The van der Waals surface area contributed by atoms with Crippen molar-refractivity contribution in [3.63, 3.8) is 0 Å². The monoisotopic (exact) mass is 304 g/mol. The number of nitrogens with one attached hydrogen (secondary N) is 2. The predicted molar refractivity (Wildman–Crippen MR) is 84.8 cm³/mol. The first kappa shape index (κ1) is 16.7. The largest absolute Gasteiger partial charge is 0.379 e. The number of carbonyl (C=O) groups is 1. The number of thiocarbonyl (C=S) groups is 1. The Morgan fingerprint density at radius 2 is 2.26 bits per heavy atom. The molecule has 0 bridgehead atoms. The second kappa shape index (κ2) is 10.5. The summed E-state index contributed by atoms with van der Waals surface area (Å²) < 4.78 is 5.65. The lowest BCUT2D eigenvalue weighted by Crippen LogP contribution is -2.31. The molecule has 1 amide bonds. The minimum Gasteiger partial charge on any atom is -0.379 e. The van der Waals surface area contributed by atoms with Crippen LogP contribution in [-0.2, 0) is 9.53 Å². The zero-order chi connectivity index (χ0) is 13.9. The molecule has 19 heavy (non-hydrogen) atoms. The number of thioether (sulfide) groups is 1. The Hall–Kier alpha value is -0.330. The number of rotatable bonds is 8. The Morgan fingerprint density at radius 1 is 1.42 bits per heavy atom. The van der Waals surface area contributed by atoms with Crippen LogP contribution in [0.25, 0.3) is 0 Å². The standard InChI is InChI=1S/C13H24N2O2S2/c1-2-14-12(16)10-19-8-6-15-13(18)9-11-5-3-4-7-17-11/h11H,2-10H2,1H3,(H,14,16)(H,15,18).